The number of aryl methyl sites for hydroxylation is 1. The van der Waals surface area contributed by atoms with Crippen LogP contribution in [0.25, 0.3) is 0 Å². The fraction of sp³-hybridized carbons (Fsp3) is 0.619. The number of benzene rings is 1. The molecule has 1 aromatic carbocycles. The number of phenolic OH excluding ortho intramolecular Hbond substituents is 1. The summed E-state index contributed by atoms with van der Waals surface area (Å²) >= 11 is 2.25. The van der Waals surface area contributed by atoms with Crippen LogP contribution in [0.4, 0.5) is 0 Å². The molecule has 2 nitrogen and oxygen atoms in total. The molecule has 0 spiro atoms. The molecule has 0 heterocycles. The molecule has 0 saturated heterocycles. The van der Waals surface area contributed by atoms with Gasteiger partial charge < -0.3 is 10.2 Å². The number of aromatic hydroxyl groups is 1. The quantitative estimate of drug-likeness (QED) is 0.614. The maximum Gasteiger partial charge on any atom is 0.115 e. The molecular weight excluding hydrogens is 411 g/mol. The van der Waals surface area contributed by atoms with E-state index in [2.05, 4.69) is 41.7 Å². The van der Waals surface area contributed by atoms with Crippen LogP contribution < -0.4 is 0 Å². The zero-order chi connectivity index (χ0) is 16.9. The van der Waals surface area contributed by atoms with Gasteiger partial charge in [0.05, 0.1) is 5.60 Å². The molecule has 24 heavy (non-hydrogen) atoms. The summed E-state index contributed by atoms with van der Waals surface area (Å²) in [5.41, 5.74) is 2.26. The Bertz CT molecular complexity index is 670. The van der Waals surface area contributed by atoms with Crippen LogP contribution in [0.5, 0.6) is 5.75 Å². The standard InChI is InChI=1S/C21H27IO2/c1-2-20-9-7-17-16-6-4-15(23)13-14(16)3-5-18(17)19(20)8-10-21(20,24)11-12-22/h4,6,11-13,17-19,23-24H,2-3,5,7-10H2,1H3/b12-11-/t17?,18?,19?,20-,21+/m0/s1. The second kappa shape index (κ2) is 6.01. The molecule has 2 saturated carbocycles. The van der Waals surface area contributed by atoms with Gasteiger partial charge in [0.2, 0.25) is 0 Å². The monoisotopic (exact) mass is 438 g/mol. The summed E-state index contributed by atoms with van der Waals surface area (Å²) < 4.78 is 2.02. The SMILES string of the molecule is CC[C@]12CCC3c4ccc(O)cc4CCC3C1CC[C@@]2(O)/C=C\I. The van der Waals surface area contributed by atoms with Gasteiger partial charge in [-0.25, -0.2) is 0 Å². The first-order valence-electron chi connectivity index (χ1n) is 9.37. The molecule has 4 rings (SSSR count). The minimum Gasteiger partial charge on any atom is -0.508 e. The molecule has 0 radical (unpaired) electrons. The van der Waals surface area contributed by atoms with Gasteiger partial charge in [-0.15, -0.1) is 0 Å². The highest BCUT2D eigenvalue weighted by molar-refractivity contribution is 14.1. The van der Waals surface area contributed by atoms with Crippen molar-refractivity contribution in [2.45, 2.75) is 63.4 Å². The number of fused-ring (bicyclic) bond motifs is 5. The summed E-state index contributed by atoms with van der Waals surface area (Å²) in [6.07, 6.45) is 9.78. The first-order valence-corrected chi connectivity index (χ1v) is 10.6. The van der Waals surface area contributed by atoms with Gasteiger partial charge in [-0.2, -0.15) is 0 Å². The molecule has 5 atom stereocenters. The van der Waals surface area contributed by atoms with Gasteiger partial charge in [-0.3, -0.25) is 0 Å². The van der Waals surface area contributed by atoms with Gasteiger partial charge in [0.15, 0.2) is 0 Å². The third kappa shape index (κ3) is 2.23. The van der Waals surface area contributed by atoms with Crippen LogP contribution in [0.3, 0.4) is 0 Å². The molecule has 1 aromatic rings. The molecule has 3 unspecified atom stereocenters. The normalized spacial score (nSPS) is 41.0. The molecular formula is C21H27IO2. The predicted octanol–water partition coefficient (Wildman–Crippen LogP) is 5.32. The number of aliphatic hydroxyl groups is 1. The van der Waals surface area contributed by atoms with Crippen molar-refractivity contribution in [3.63, 3.8) is 0 Å². The highest BCUT2D eigenvalue weighted by atomic mass is 127. The minimum atomic E-state index is -0.617. The van der Waals surface area contributed by atoms with Crippen LogP contribution in [0, 0.1) is 17.3 Å². The molecule has 2 fully saturated rings. The van der Waals surface area contributed by atoms with E-state index < -0.39 is 5.60 Å². The largest absolute Gasteiger partial charge is 0.508 e. The molecule has 3 heteroatoms. The smallest absolute Gasteiger partial charge is 0.115 e. The predicted molar refractivity (Wildman–Crippen MR) is 105 cm³/mol. The lowest BCUT2D eigenvalue weighted by Gasteiger charge is -2.54. The summed E-state index contributed by atoms with van der Waals surface area (Å²) in [5, 5.41) is 21.2. The van der Waals surface area contributed by atoms with Crippen LogP contribution in [0.2, 0.25) is 0 Å². The van der Waals surface area contributed by atoms with E-state index in [1.807, 2.05) is 16.2 Å². The maximum absolute atomic E-state index is 11.4. The Hall–Kier alpha value is -0.550. The highest BCUT2D eigenvalue weighted by Gasteiger charge is 2.61. The van der Waals surface area contributed by atoms with Gasteiger partial charge >= 0.3 is 0 Å². The van der Waals surface area contributed by atoms with E-state index in [1.54, 1.807) is 0 Å². The van der Waals surface area contributed by atoms with Crippen molar-refractivity contribution < 1.29 is 10.2 Å². The Morgan fingerprint density at radius 3 is 2.83 bits per heavy atom. The van der Waals surface area contributed by atoms with Crippen LogP contribution in [0.1, 0.15) is 62.5 Å². The lowest BCUT2D eigenvalue weighted by Crippen LogP contribution is -2.51. The summed E-state index contributed by atoms with van der Waals surface area (Å²) in [5.74, 6) is 2.33. The number of phenols is 1. The molecule has 0 amide bonds. The number of hydrogen-bond acceptors (Lipinski definition) is 2. The van der Waals surface area contributed by atoms with Gasteiger partial charge in [-0.05, 0) is 96.1 Å². The Kier molecular flexibility index (Phi) is 4.23. The molecule has 130 valence electrons. The molecule has 0 aliphatic heterocycles. The fourth-order valence-corrected chi connectivity index (χ4v) is 7.13. The van der Waals surface area contributed by atoms with Crippen molar-refractivity contribution in [3.05, 3.63) is 39.5 Å². The third-order valence-corrected chi connectivity index (χ3v) is 7.95. The maximum atomic E-state index is 11.4. The van der Waals surface area contributed by atoms with Gasteiger partial charge in [-0.1, -0.05) is 35.6 Å². The molecule has 3 aliphatic rings. The van der Waals surface area contributed by atoms with Crippen molar-refractivity contribution in [1.82, 2.24) is 0 Å². The van der Waals surface area contributed by atoms with Crippen molar-refractivity contribution in [2.75, 3.05) is 0 Å². The lowest BCUT2D eigenvalue weighted by molar-refractivity contribution is -0.0857. The number of rotatable bonds is 2. The lowest BCUT2D eigenvalue weighted by atomic mass is 9.52. The molecule has 2 N–H and O–H groups in total. The van der Waals surface area contributed by atoms with E-state index in [0.717, 1.165) is 32.1 Å². The van der Waals surface area contributed by atoms with E-state index in [4.69, 9.17) is 0 Å². The van der Waals surface area contributed by atoms with E-state index in [0.29, 0.717) is 23.5 Å². The van der Waals surface area contributed by atoms with Crippen molar-refractivity contribution >= 4 is 22.6 Å². The number of hydrogen-bond donors (Lipinski definition) is 2. The Labute approximate surface area is 158 Å². The fourth-order valence-electron chi connectivity index (χ4n) is 6.53. The second-order valence-electron chi connectivity index (χ2n) is 8.10. The van der Waals surface area contributed by atoms with Crippen LogP contribution in [-0.2, 0) is 6.42 Å². The van der Waals surface area contributed by atoms with Crippen LogP contribution in [-0.4, -0.2) is 15.8 Å². The topological polar surface area (TPSA) is 40.5 Å². The van der Waals surface area contributed by atoms with Crippen molar-refractivity contribution in [2.24, 2.45) is 17.3 Å². The van der Waals surface area contributed by atoms with Crippen molar-refractivity contribution in [3.8, 4) is 5.75 Å². The van der Waals surface area contributed by atoms with Gasteiger partial charge in [0.1, 0.15) is 5.75 Å². The van der Waals surface area contributed by atoms with E-state index in [1.165, 1.54) is 24.0 Å². The average Bonchev–Trinajstić information content (AvgIpc) is 2.88. The Morgan fingerprint density at radius 1 is 1.25 bits per heavy atom. The summed E-state index contributed by atoms with van der Waals surface area (Å²) in [6, 6.07) is 5.98. The summed E-state index contributed by atoms with van der Waals surface area (Å²) in [7, 11) is 0. The Balaban J connectivity index is 1.72. The first-order chi connectivity index (χ1) is 11.5. The Morgan fingerprint density at radius 2 is 2.08 bits per heavy atom. The summed E-state index contributed by atoms with van der Waals surface area (Å²) in [6.45, 7) is 2.28. The van der Waals surface area contributed by atoms with Crippen molar-refractivity contribution in [1.29, 1.82) is 0 Å². The molecule has 0 aromatic heterocycles. The zero-order valence-electron chi connectivity index (χ0n) is 14.3. The van der Waals surface area contributed by atoms with Crippen LogP contribution in [0.15, 0.2) is 28.4 Å². The van der Waals surface area contributed by atoms with E-state index >= 15 is 0 Å². The minimum absolute atomic E-state index is 0.0598. The summed E-state index contributed by atoms with van der Waals surface area (Å²) in [4.78, 5) is 0. The van der Waals surface area contributed by atoms with Gasteiger partial charge in [0, 0.05) is 5.41 Å². The average molecular weight is 438 g/mol. The highest BCUT2D eigenvalue weighted by Crippen LogP contribution is 2.66. The van der Waals surface area contributed by atoms with E-state index in [9.17, 15) is 10.2 Å². The van der Waals surface area contributed by atoms with Gasteiger partial charge in [0.25, 0.3) is 0 Å². The molecule has 0 bridgehead atoms. The number of halogens is 1. The van der Waals surface area contributed by atoms with Crippen LogP contribution >= 0.6 is 22.6 Å². The second-order valence-corrected chi connectivity index (χ2v) is 8.82. The van der Waals surface area contributed by atoms with E-state index in [-0.39, 0.29) is 5.41 Å². The first kappa shape index (κ1) is 16.9. The third-order valence-electron chi connectivity index (χ3n) is 7.59. The zero-order valence-corrected chi connectivity index (χ0v) is 16.5. The molecule has 3 aliphatic carbocycles.